The van der Waals surface area contributed by atoms with Gasteiger partial charge in [0, 0.05) is 5.57 Å². The second-order valence-corrected chi connectivity index (χ2v) is 8.82. The molecular formula is C26H50O3. The van der Waals surface area contributed by atoms with E-state index in [1.54, 1.807) is 6.92 Å². The number of carbonyl (C=O) groups excluding carboxylic acids is 1. The van der Waals surface area contributed by atoms with Crippen LogP contribution in [0.4, 0.5) is 0 Å². The number of unbranched alkanes of at least 4 members (excludes halogenated alkanes) is 14. The van der Waals surface area contributed by atoms with Crippen LogP contribution in [0.3, 0.4) is 0 Å². The Morgan fingerprint density at radius 3 is 1.52 bits per heavy atom. The largest absolute Gasteiger partial charge is 0.456 e. The summed E-state index contributed by atoms with van der Waals surface area (Å²) >= 11 is 0. The van der Waals surface area contributed by atoms with Crippen molar-refractivity contribution in [3.63, 3.8) is 0 Å². The molecule has 2 atom stereocenters. The van der Waals surface area contributed by atoms with Gasteiger partial charge in [-0.25, -0.2) is 4.79 Å². The summed E-state index contributed by atoms with van der Waals surface area (Å²) in [5.74, 6) is -0.371. The average molecular weight is 411 g/mol. The number of aliphatic hydroxyl groups is 1. The molecule has 0 aromatic heterocycles. The summed E-state index contributed by atoms with van der Waals surface area (Å²) in [5, 5.41) is 10.6. The maximum absolute atomic E-state index is 12.0. The van der Waals surface area contributed by atoms with Crippen LogP contribution in [-0.2, 0) is 9.53 Å². The van der Waals surface area contributed by atoms with Crippen LogP contribution in [0.1, 0.15) is 136 Å². The van der Waals surface area contributed by atoms with Crippen LogP contribution in [0, 0.1) is 0 Å². The molecule has 3 nitrogen and oxygen atoms in total. The van der Waals surface area contributed by atoms with Gasteiger partial charge in [0.25, 0.3) is 0 Å². The molecule has 3 heteroatoms. The SMILES string of the molecule is C=C(C)C(=O)OC(CCCCCCCCCC)C(O)CCCCCCCCCC. The lowest BCUT2D eigenvalue weighted by Gasteiger charge is -2.23. The van der Waals surface area contributed by atoms with E-state index < -0.39 is 6.10 Å². The zero-order valence-corrected chi connectivity index (χ0v) is 19.9. The fourth-order valence-electron chi connectivity index (χ4n) is 3.72. The van der Waals surface area contributed by atoms with Crippen molar-refractivity contribution in [1.29, 1.82) is 0 Å². The first-order valence-corrected chi connectivity index (χ1v) is 12.6. The van der Waals surface area contributed by atoms with Crippen LogP contribution in [0.25, 0.3) is 0 Å². The topological polar surface area (TPSA) is 46.5 Å². The summed E-state index contributed by atoms with van der Waals surface area (Å²) in [6.07, 6.45) is 20.5. The fourth-order valence-corrected chi connectivity index (χ4v) is 3.72. The van der Waals surface area contributed by atoms with E-state index in [1.807, 2.05) is 0 Å². The highest BCUT2D eigenvalue weighted by Crippen LogP contribution is 2.19. The third-order valence-electron chi connectivity index (χ3n) is 5.73. The highest BCUT2D eigenvalue weighted by molar-refractivity contribution is 5.87. The van der Waals surface area contributed by atoms with Crippen molar-refractivity contribution < 1.29 is 14.6 Å². The maximum atomic E-state index is 12.0. The van der Waals surface area contributed by atoms with Crippen LogP contribution in [0.2, 0.25) is 0 Å². The van der Waals surface area contributed by atoms with Gasteiger partial charge in [0.2, 0.25) is 0 Å². The van der Waals surface area contributed by atoms with Crippen LogP contribution >= 0.6 is 0 Å². The third kappa shape index (κ3) is 17.7. The summed E-state index contributed by atoms with van der Waals surface area (Å²) in [5.41, 5.74) is 0.408. The van der Waals surface area contributed by atoms with Gasteiger partial charge >= 0.3 is 5.97 Å². The lowest BCUT2D eigenvalue weighted by molar-refractivity contribution is -0.151. The van der Waals surface area contributed by atoms with E-state index in [0.717, 1.165) is 38.5 Å². The van der Waals surface area contributed by atoms with Crippen molar-refractivity contribution in [2.45, 2.75) is 149 Å². The number of esters is 1. The quantitative estimate of drug-likeness (QED) is 0.119. The molecular weight excluding hydrogens is 360 g/mol. The molecule has 0 rings (SSSR count). The zero-order chi connectivity index (χ0) is 21.7. The minimum atomic E-state index is -0.553. The summed E-state index contributed by atoms with van der Waals surface area (Å²) in [6.45, 7) is 9.82. The number of carbonyl (C=O) groups is 1. The Hall–Kier alpha value is -0.830. The molecule has 0 aromatic rings. The van der Waals surface area contributed by atoms with E-state index in [2.05, 4.69) is 20.4 Å². The van der Waals surface area contributed by atoms with Crippen molar-refractivity contribution in [2.24, 2.45) is 0 Å². The minimum absolute atomic E-state index is 0.371. The first kappa shape index (κ1) is 28.2. The monoisotopic (exact) mass is 410 g/mol. The Morgan fingerprint density at radius 2 is 1.10 bits per heavy atom. The standard InChI is InChI=1S/C26H50O3/c1-5-7-9-11-13-15-17-19-21-24(27)25(29-26(28)23(3)4)22-20-18-16-14-12-10-8-6-2/h24-25,27H,3,5-22H2,1-2,4H3. The summed E-state index contributed by atoms with van der Waals surface area (Å²) < 4.78 is 5.57. The molecule has 0 amide bonds. The van der Waals surface area contributed by atoms with Crippen molar-refractivity contribution in [1.82, 2.24) is 0 Å². The molecule has 0 aliphatic rings. The molecule has 0 radical (unpaired) electrons. The van der Waals surface area contributed by atoms with Gasteiger partial charge in [0.15, 0.2) is 0 Å². The van der Waals surface area contributed by atoms with Crippen molar-refractivity contribution >= 4 is 5.97 Å². The van der Waals surface area contributed by atoms with Crippen molar-refractivity contribution in [2.75, 3.05) is 0 Å². The highest BCUT2D eigenvalue weighted by atomic mass is 16.6. The molecule has 29 heavy (non-hydrogen) atoms. The summed E-state index contributed by atoms with van der Waals surface area (Å²) in [6, 6.07) is 0. The Morgan fingerprint density at radius 1 is 0.724 bits per heavy atom. The van der Waals surface area contributed by atoms with Gasteiger partial charge < -0.3 is 9.84 Å². The van der Waals surface area contributed by atoms with E-state index in [0.29, 0.717) is 5.57 Å². The van der Waals surface area contributed by atoms with Crippen LogP contribution in [0.15, 0.2) is 12.2 Å². The van der Waals surface area contributed by atoms with Crippen LogP contribution in [0.5, 0.6) is 0 Å². The van der Waals surface area contributed by atoms with E-state index in [9.17, 15) is 9.90 Å². The first-order valence-electron chi connectivity index (χ1n) is 12.6. The van der Waals surface area contributed by atoms with E-state index in [-0.39, 0.29) is 12.1 Å². The van der Waals surface area contributed by atoms with Gasteiger partial charge in [0.1, 0.15) is 6.10 Å². The number of hydrogen-bond donors (Lipinski definition) is 1. The zero-order valence-electron chi connectivity index (χ0n) is 19.9. The minimum Gasteiger partial charge on any atom is -0.456 e. The second-order valence-electron chi connectivity index (χ2n) is 8.82. The van der Waals surface area contributed by atoms with E-state index >= 15 is 0 Å². The molecule has 172 valence electrons. The normalized spacial score (nSPS) is 13.2. The lowest BCUT2D eigenvalue weighted by atomic mass is 9.99. The van der Waals surface area contributed by atoms with Gasteiger partial charge in [-0.1, -0.05) is 117 Å². The Labute approximate surface area is 181 Å². The summed E-state index contributed by atoms with van der Waals surface area (Å²) in [4.78, 5) is 12.0. The van der Waals surface area contributed by atoms with Crippen LogP contribution in [-0.4, -0.2) is 23.3 Å². The van der Waals surface area contributed by atoms with Gasteiger partial charge in [-0.3, -0.25) is 0 Å². The average Bonchev–Trinajstić information content (AvgIpc) is 2.70. The number of rotatable bonds is 21. The van der Waals surface area contributed by atoms with E-state index in [4.69, 9.17) is 4.74 Å². The lowest BCUT2D eigenvalue weighted by Crippen LogP contribution is -2.31. The number of ether oxygens (including phenoxy) is 1. The van der Waals surface area contributed by atoms with Gasteiger partial charge in [0.05, 0.1) is 6.10 Å². The third-order valence-corrected chi connectivity index (χ3v) is 5.73. The Balaban J connectivity index is 4.07. The highest BCUT2D eigenvalue weighted by Gasteiger charge is 2.23. The molecule has 0 saturated carbocycles. The number of aliphatic hydroxyl groups excluding tert-OH is 1. The maximum Gasteiger partial charge on any atom is 0.333 e. The van der Waals surface area contributed by atoms with Crippen LogP contribution < -0.4 is 0 Å². The Bertz CT molecular complexity index is 391. The second kappa shape index (κ2) is 20.4. The van der Waals surface area contributed by atoms with Gasteiger partial charge in [-0.05, 0) is 26.2 Å². The fraction of sp³-hybridized carbons (Fsp3) is 0.885. The van der Waals surface area contributed by atoms with E-state index in [1.165, 1.54) is 77.0 Å². The molecule has 2 unspecified atom stereocenters. The molecule has 0 bridgehead atoms. The molecule has 0 aromatic carbocycles. The number of hydrogen-bond acceptors (Lipinski definition) is 3. The Kier molecular flexibility index (Phi) is 19.9. The molecule has 0 saturated heterocycles. The molecule has 0 heterocycles. The predicted molar refractivity (Wildman–Crippen MR) is 125 cm³/mol. The van der Waals surface area contributed by atoms with Gasteiger partial charge in [-0.2, -0.15) is 0 Å². The van der Waals surface area contributed by atoms with Crippen molar-refractivity contribution in [3.05, 3.63) is 12.2 Å². The molecule has 0 aliphatic carbocycles. The first-order chi connectivity index (χ1) is 14.0. The summed E-state index contributed by atoms with van der Waals surface area (Å²) in [7, 11) is 0. The smallest absolute Gasteiger partial charge is 0.333 e. The predicted octanol–water partition coefficient (Wildman–Crippen LogP) is 7.90. The molecule has 1 N–H and O–H groups in total. The molecule has 0 spiro atoms. The van der Waals surface area contributed by atoms with Crippen molar-refractivity contribution in [3.8, 4) is 0 Å². The van der Waals surface area contributed by atoms with Gasteiger partial charge in [-0.15, -0.1) is 0 Å². The molecule has 0 aliphatic heterocycles. The molecule has 0 fully saturated rings.